The summed E-state index contributed by atoms with van der Waals surface area (Å²) in [6, 6.07) is -0.482. The van der Waals surface area contributed by atoms with E-state index in [-0.39, 0.29) is 30.6 Å². The van der Waals surface area contributed by atoms with E-state index >= 15 is 0 Å². The fourth-order valence-corrected chi connectivity index (χ4v) is 3.00. The van der Waals surface area contributed by atoms with Crippen molar-refractivity contribution in [3.63, 3.8) is 0 Å². The van der Waals surface area contributed by atoms with Gasteiger partial charge in [0.25, 0.3) is 0 Å². The maximum Gasteiger partial charge on any atom is 0.317 e. The van der Waals surface area contributed by atoms with E-state index in [2.05, 4.69) is 12.2 Å². The average Bonchev–Trinajstić information content (AvgIpc) is 2.66. The van der Waals surface area contributed by atoms with Gasteiger partial charge in [-0.25, -0.2) is 4.79 Å². The van der Waals surface area contributed by atoms with Crippen molar-refractivity contribution in [2.24, 2.45) is 5.41 Å². The number of hydrogen-bond donors (Lipinski definition) is 3. The van der Waals surface area contributed by atoms with Gasteiger partial charge in [-0.1, -0.05) is 32.6 Å². The van der Waals surface area contributed by atoms with Gasteiger partial charge in [-0.3, -0.25) is 0 Å². The highest BCUT2D eigenvalue weighted by Crippen LogP contribution is 2.33. The van der Waals surface area contributed by atoms with Crippen LogP contribution in [0.5, 0.6) is 0 Å². The lowest BCUT2D eigenvalue weighted by atomic mass is 9.82. The minimum atomic E-state index is -0.599. The molecule has 0 radical (unpaired) electrons. The van der Waals surface area contributed by atoms with E-state index in [1.165, 1.54) is 30.6 Å². The molecule has 1 aliphatic carbocycles. The van der Waals surface area contributed by atoms with Crippen LogP contribution in [-0.2, 0) is 0 Å². The van der Waals surface area contributed by atoms with Crippen LogP contribution in [0.3, 0.4) is 0 Å². The number of nitrogens with zero attached hydrogens (tertiary/aromatic N) is 1. The molecule has 21 heavy (non-hydrogen) atoms. The Morgan fingerprint density at radius 3 is 2.29 bits per heavy atom. The van der Waals surface area contributed by atoms with Crippen LogP contribution in [0.1, 0.15) is 59.3 Å². The monoisotopic (exact) mass is 300 g/mol. The molecule has 5 nitrogen and oxygen atoms in total. The average molecular weight is 300 g/mol. The number of rotatable bonds is 6. The van der Waals surface area contributed by atoms with Gasteiger partial charge in [-0.05, 0) is 32.1 Å². The largest absolute Gasteiger partial charge is 0.394 e. The molecule has 0 heterocycles. The lowest BCUT2D eigenvalue weighted by Gasteiger charge is -2.33. The van der Waals surface area contributed by atoms with E-state index in [0.717, 1.165) is 12.8 Å². The van der Waals surface area contributed by atoms with E-state index in [9.17, 15) is 15.0 Å². The highest BCUT2D eigenvalue weighted by Gasteiger charge is 2.28. The van der Waals surface area contributed by atoms with E-state index in [0.29, 0.717) is 6.54 Å². The summed E-state index contributed by atoms with van der Waals surface area (Å²) in [5.41, 5.74) is 0.172. The number of aliphatic hydroxyl groups excluding tert-OH is 2. The predicted molar refractivity (Wildman–Crippen MR) is 84.1 cm³/mol. The molecular weight excluding hydrogens is 268 g/mol. The normalized spacial score (nSPS) is 21.2. The summed E-state index contributed by atoms with van der Waals surface area (Å²) in [4.78, 5) is 13.9. The van der Waals surface area contributed by atoms with Gasteiger partial charge in [0, 0.05) is 13.1 Å². The molecule has 0 saturated heterocycles. The molecule has 0 aromatic heterocycles. The van der Waals surface area contributed by atoms with Gasteiger partial charge in [0.15, 0.2) is 0 Å². The molecule has 0 aliphatic heterocycles. The molecule has 1 aliphatic rings. The number of amides is 2. The number of carbonyl (C=O) groups excluding carboxylic acids is 1. The zero-order valence-electron chi connectivity index (χ0n) is 13.8. The highest BCUT2D eigenvalue weighted by atomic mass is 16.3. The number of urea groups is 1. The Bertz CT molecular complexity index is 313. The topological polar surface area (TPSA) is 72.8 Å². The molecule has 124 valence electrons. The minimum absolute atomic E-state index is 0.0998. The molecule has 1 fully saturated rings. The molecule has 2 atom stereocenters. The van der Waals surface area contributed by atoms with Gasteiger partial charge >= 0.3 is 6.03 Å². The summed E-state index contributed by atoms with van der Waals surface area (Å²) in [6.45, 7) is 6.49. The summed E-state index contributed by atoms with van der Waals surface area (Å²) < 4.78 is 0. The second kappa shape index (κ2) is 8.59. The second-order valence-electron chi connectivity index (χ2n) is 6.92. The van der Waals surface area contributed by atoms with Crippen LogP contribution in [0, 0.1) is 5.41 Å². The molecule has 0 unspecified atom stereocenters. The molecule has 5 heteroatoms. The van der Waals surface area contributed by atoms with Crippen molar-refractivity contribution >= 4 is 6.03 Å². The molecule has 2 amide bonds. The molecule has 0 aromatic rings. The van der Waals surface area contributed by atoms with Crippen molar-refractivity contribution < 1.29 is 15.0 Å². The summed E-state index contributed by atoms with van der Waals surface area (Å²) in [7, 11) is 0. The summed E-state index contributed by atoms with van der Waals surface area (Å²) >= 11 is 0. The zero-order chi connectivity index (χ0) is 15.9. The number of carbonyl (C=O) groups is 1. The Balaban J connectivity index is 2.55. The smallest absolute Gasteiger partial charge is 0.317 e. The first kappa shape index (κ1) is 18.2. The summed E-state index contributed by atoms with van der Waals surface area (Å²) in [5.74, 6) is 0. The van der Waals surface area contributed by atoms with Crippen LogP contribution in [-0.4, -0.2) is 53.0 Å². The van der Waals surface area contributed by atoms with Crippen molar-refractivity contribution in [2.75, 3.05) is 19.7 Å². The molecule has 0 spiro atoms. The van der Waals surface area contributed by atoms with Crippen molar-refractivity contribution in [1.29, 1.82) is 0 Å². The zero-order valence-corrected chi connectivity index (χ0v) is 13.8. The Labute approximate surface area is 128 Å². The molecule has 1 rings (SSSR count). The Morgan fingerprint density at radius 1 is 1.24 bits per heavy atom. The number of aliphatic hydroxyl groups is 2. The fourth-order valence-electron chi connectivity index (χ4n) is 3.00. The van der Waals surface area contributed by atoms with Gasteiger partial charge in [0.05, 0.1) is 18.8 Å². The fraction of sp³-hybridized carbons (Fsp3) is 0.938. The van der Waals surface area contributed by atoms with Crippen molar-refractivity contribution in [1.82, 2.24) is 10.2 Å². The maximum atomic E-state index is 12.3. The summed E-state index contributed by atoms with van der Waals surface area (Å²) in [6.07, 6.45) is 6.75. The van der Waals surface area contributed by atoms with Crippen LogP contribution in [0.2, 0.25) is 0 Å². The number of nitrogens with one attached hydrogen (secondary N) is 1. The standard InChI is InChI=1S/C16H32N2O3/c1-13(11-19)18(10-14(2)20)15(21)17-12-16(3)8-6-4-5-7-9-16/h13-14,19-20H,4-12H2,1-3H3,(H,17,21)/t13-,14+/m0/s1. The van der Waals surface area contributed by atoms with Gasteiger partial charge in [-0.15, -0.1) is 0 Å². The highest BCUT2D eigenvalue weighted by molar-refractivity contribution is 5.74. The van der Waals surface area contributed by atoms with Crippen LogP contribution in [0.15, 0.2) is 0 Å². The summed E-state index contributed by atoms with van der Waals surface area (Å²) in [5, 5.41) is 21.8. The molecule has 0 aromatic carbocycles. The quantitative estimate of drug-likeness (QED) is 0.658. The van der Waals surface area contributed by atoms with Crippen LogP contribution in [0.4, 0.5) is 4.79 Å². The first-order chi connectivity index (χ1) is 9.88. The molecule has 3 N–H and O–H groups in total. The predicted octanol–water partition coefficient (Wildman–Crippen LogP) is 2.12. The van der Waals surface area contributed by atoms with Gasteiger partial charge in [0.2, 0.25) is 0 Å². The van der Waals surface area contributed by atoms with Crippen LogP contribution < -0.4 is 5.32 Å². The lowest BCUT2D eigenvalue weighted by Crippen LogP contribution is -2.51. The van der Waals surface area contributed by atoms with Gasteiger partial charge in [0.1, 0.15) is 0 Å². The van der Waals surface area contributed by atoms with Crippen LogP contribution in [0.25, 0.3) is 0 Å². The third kappa shape index (κ3) is 6.22. The third-order valence-electron chi connectivity index (χ3n) is 4.50. The minimum Gasteiger partial charge on any atom is -0.394 e. The molecule has 0 bridgehead atoms. The second-order valence-corrected chi connectivity index (χ2v) is 6.92. The van der Waals surface area contributed by atoms with Gasteiger partial charge < -0.3 is 20.4 Å². The SMILES string of the molecule is C[C@@H](O)CN(C(=O)NCC1(C)CCCCCC1)[C@@H](C)CO. The van der Waals surface area contributed by atoms with Gasteiger partial charge in [-0.2, -0.15) is 0 Å². The van der Waals surface area contributed by atoms with Crippen molar-refractivity contribution in [3.8, 4) is 0 Å². The first-order valence-corrected chi connectivity index (χ1v) is 8.21. The Kier molecular flexibility index (Phi) is 7.46. The van der Waals surface area contributed by atoms with E-state index < -0.39 is 6.10 Å². The number of hydrogen-bond acceptors (Lipinski definition) is 3. The first-order valence-electron chi connectivity index (χ1n) is 8.21. The van der Waals surface area contributed by atoms with E-state index in [1.54, 1.807) is 13.8 Å². The maximum absolute atomic E-state index is 12.3. The Hall–Kier alpha value is -0.810. The van der Waals surface area contributed by atoms with Crippen molar-refractivity contribution in [2.45, 2.75) is 71.4 Å². The van der Waals surface area contributed by atoms with Crippen LogP contribution >= 0.6 is 0 Å². The molecule has 1 saturated carbocycles. The third-order valence-corrected chi connectivity index (χ3v) is 4.50. The van der Waals surface area contributed by atoms with E-state index in [1.807, 2.05) is 0 Å². The van der Waals surface area contributed by atoms with Crippen molar-refractivity contribution in [3.05, 3.63) is 0 Å². The molecular formula is C16H32N2O3. The lowest BCUT2D eigenvalue weighted by molar-refractivity contribution is 0.0918. The van der Waals surface area contributed by atoms with E-state index in [4.69, 9.17) is 0 Å². The Morgan fingerprint density at radius 2 is 1.81 bits per heavy atom.